The Balaban J connectivity index is 1.26. The molecule has 1 aliphatic heterocycles. The maximum atomic E-state index is 13.3. The highest BCUT2D eigenvalue weighted by Crippen LogP contribution is 2.34. The molecule has 3 aromatic carbocycles. The summed E-state index contributed by atoms with van der Waals surface area (Å²) >= 11 is 0.964. The van der Waals surface area contributed by atoms with Gasteiger partial charge in [-0.2, -0.15) is 17.5 Å². The Hall–Kier alpha value is -4.25. The van der Waals surface area contributed by atoms with Gasteiger partial charge in [0.2, 0.25) is 15.9 Å². The number of para-hydroxylation sites is 2. The lowest BCUT2D eigenvalue weighted by Crippen LogP contribution is -2.40. The molecule has 1 aromatic heterocycles. The van der Waals surface area contributed by atoms with Crippen LogP contribution in [0.2, 0.25) is 0 Å². The van der Waals surface area contributed by atoms with Crippen LogP contribution in [0, 0.1) is 0 Å². The molecule has 0 radical (unpaired) electrons. The number of sulfonamides is 1. The van der Waals surface area contributed by atoms with Crippen molar-refractivity contribution in [2.45, 2.75) is 22.8 Å². The smallest absolute Gasteiger partial charge is 0.379 e. The Labute approximate surface area is 260 Å². The van der Waals surface area contributed by atoms with E-state index >= 15 is 0 Å². The lowest BCUT2D eigenvalue weighted by atomic mass is 10.1. The molecule has 0 spiro atoms. The van der Waals surface area contributed by atoms with E-state index in [4.69, 9.17) is 4.74 Å². The van der Waals surface area contributed by atoms with Crippen molar-refractivity contribution in [3.8, 4) is 5.69 Å². The van der Waals surface area contributed by atoms with E-state index < -0.39 is 33.6 Å². The first-order chi connectivity index (χ1) is 21.5. The quantitative estimate of drug-likeness (QED) is 0.244. The number of hydrogen-bond donors (Lipinski definition) is 2. The molecule has 236 valence electrons. The fourth-order valence-corrected chi connectivity index (χ4v) is 6.65. The van der Waals surface area contributed by atoms with E-state index in [0.29, 0.717) is 24.7 Å². The van der Waals surface area contributed by atoms with Gasteiger partial charge >= 0.3 is 6.18 Å². The number of amides is 2. The van der Waals surface area contributed by atoms with Gasteiger partial charge < -0.3 is 15.4 Å². The van der Waals surface area contributed by atoms with Gasteiger partial charge in [-0.3, -0.25) is 14.2 Å². The first-order valence-corrected chi connectivity index (χ1v) is 16.0. The van der Waals surface area contributed by atoms with Crippen molar-refractivity contribution in [3.63, 3.8) is 0 Å². The van der Waals surface area contributed by atoms with Crippen LogP contribution in [-0.2, 0) is 32.3 Å². The largest absolute Gasteiger partial charge is 0.418 e. The summed E-state index contributed by atoms with van der Waals surface area (Å²) in [6, 6.07) is 19.2. The highest BCUT2D eigenvalue weighted by atomic mass is 32.2. The Kier molecular flexibility index (Phi) is 9.86. The van der Waals surface area contributed by atoms with Crippen LogP contribution in [-0.4, -0.2) is 71.4 Å². The second-order valence-corrected chi connectivity index (χ2v) is 12.6. The average Bonchev–Trinajstić information content (AvgIpc) is 3.46. The molecule has 5 rings (SSSR count). The summed E-state index contributed by atoms with van der Waals surface area (Å²) < 4.78 is 73.9. The molecule has 0 aliphatic carbocycles. The SMILES string of the molecule is O=C(CSc1nnc(CNC(=O)c2ccc(S(=O)(=O)N3CCOCC3)cc2)n1-c1ccccc1)Nc1ccccc1C(F)(F)F. The number of carbonyl (C=O) groups is 2. The predicted octanol–water partition coefficient (Wildman–Crippen LogP) is 3.97. The molecule has 2 amide bonds. The number of aromatic nitrogens is 3. The third-order valence-corrected chi connectivity index (χ3v) is 9.53. The summed E-state index contributed by atoms with van der Waals surface area (Å²) in [7, 11) is -3.71. The Bertz CT molecular complexity index is 1760. The Morgan fingerprint density at radius 1 is 0.911 bits per heavy atom. The average molecular weight is 661 g/mol. The summed E-state index contributed by atoms with van der Waals surface area (Å²) in [5.41, 5.74) is -0.445. The third-order valence-electron chi connectivity index (χ3n) is 6.69. The number of halogens is 3. The van der Waals surface area contributed by atoms with Gasteiger partial charge in [-0.15, -0.1) is 10.2 Å². The number of benzene rings is 3. The minimum Gasteiger partial charge on any atom is -0.379 e. The molecule has 0 atom stereocenters. The third kappa shape index (κ3) is 7.70. The van der Waals surface area contributed by atoms with Crippen LogP contribution in [0.25, 0.3) is 5.69 Å². The number of hydrogen-bond acceptors (Lipinski definition) is 8. The molecule has 0 saturated carbocycles. The van der Waals surface area contributed by atoms with Crippen molar-refractivity contribution in [3.05, 3.63) is 95.8 Å². The number of nitrogens with zero attached hydrogens (tertiary/aromatic N) is 4. The van der Waals surface area contributed by atoms with Crippen molar-refractivity contribution >= 4 is 39.3 Å². The van der Waals surface area contributed by atoms with Gasteiger partial charge in [-0.1, -0.05) is 42.1 Å². The zero-order valence-electron chi connectivity index (χ0n) is 23.5. The molecule has 45 heavy (non-hydrogen) atoms. The second-order valence-electron chi connectivity index (χ2n) is 9.67. The van der Waals surface area contributed by atoms with Gasteiger partial charge in [-0.25, -0.2) is 8.42 Å². The topological polar surface area (TPSA) is 136 Å². The van der Waals surface area contributed by atoms with Gasteiger partial charge in [0.25, 0.3) is 5.91 Å². The highest BCUT2D eigenvalue weighted by molar-refractivity contribution is 7.99. The molecule has 1 aliphatic rings. The van der Waals surface area contributed by atoms with E-state index in [0.717, 1.165) is 17.8 Å². The molecular formula is C29H27F3N6O5S2. The van der Waals surface area contributed by atoms with Crippen LogP contribution in [0.15, 0.2) is 88.9 Å². The molecule has 0 bridgehead atoms. The van der Waals surface area contributed by atoms with Gasteiger partial charge in [-0.05, 0) is 48.5 Å². The fraction of sp³-hybridized carbons (Fsp3) is 0.241. The number of rotatable bonds is 10. The summed E-state index contributed by atoms with van der Waals surface area (Å²) in [4.78, 5) is 25.6. The van der Waals surface area contributed by atoms with E-state index in [1.54, 1.807) is 34.9 Å². The minimum atomic E-state index is -4.63. The van der Waals surface area contributed by atoms with Crippen molar-refractivity contribution in [1.29, 1.82) is 0 Å². The molecule has 4 aromatic rings. The van der Waals surface area contributed by atoms with Crippen LogP contribution < -0.4 is 10.6 Å². The number of alkyl halides is 3. The Morgan fingerprint density at radius 2 is 1.58 bits per heavy atom. The molecule has 2 N–H and O–H groups in total. The number of nitrogens with one attached hydrogen (secondary N) is 2. The normalized spacial score (nSPS) is 14.2. The van der Waals surface area contributed by atoms with Crippen molar-refractivity contribution in [1.82, 2.24) is 24.4 Å². The van der Waals surface area contributed by atoms with Gasteiger partial charge in [0.05, 0.1) is 41.7 Å². The van der Waals surface area contributed by atoms with Crippen molar-refractivity contribution < 1.29 is 35.9 Å². The Morgan fingerprint density at radius 3 is 2.27 bits per heavy atom. The minimum absolute atomic E-state index is 0.0670. The lowest BCUT2D eigenvalue weighted by molar-refractivity contribution is -0.137. The number of anilines is 1. The summed E-state index contributed by atoms with van der Waals surface area (Å²) in [6.07, 6.45) is -4.63. The standard InChI is InChI=1S/C29H27F3N6O5S2/c30-29(31,32)23-8-4-5-9-24(23)34-26(39)19-44-28-36-35-25(38(28)21-6-2-1-3-7-21)18-33-27(40)20-10-12-22(13-11-20)45(41,42)37-14-16-43-17-15-37/h1-13H,14-19H2,(H,33,40)(H,34,39). The lowest BCUT2D eigenvalue weighted by Gasteiger charge is -2.26. The van der Waals surface area contributed by atoms with Crippen LogP contribution >= 0.6 is 11.8 Å². The zero-order valence-corrected chi connectivity index (χ0v) is 25.2. The zero-order chi connectivity index (χ0) is 32.0. The van der Waals surface area contributed by atoms with E-state index in [1.165, 1.54) is 46.8 Å². The van der Waals surface area contributed by atoms with Crippen LogP contribution in [0.5, 0.6) is 0 Å². The first-order valence-electron chi connectivity index (χ1n) is 13.6. The summed E-state index contributed by atoms with van der Waals surface area (Å²) in [5.74, 6) is -1.09. The molecule has 1 fully saturated rings. The number of carbonyl (C=O) groups excluding carboxylic acids is 2. The number of thioether (sulfide) groups is 1. The van der Waals surface area contributed by atoms with Crippen LogP contribution in [0.1, 0.15) is 21.7 Å². The van der Waals surface area contributed by atoms with Crippen LogP contribution in [0.3, 0.4) is 0 Å². The molecule has 0 unspecified atom stereocenters. The first kappa shape index (κ1) is 32.2. The van der Waals surface area contributed by atoms with E-state index in [-0.39, 0.29) is 46.7 Å². The monoisotopic (exact) mass is 660 g/mol. The predicted molar refractivity (Wildman–Crippen MR) is 159 cm³/mol. The molecule has 11 nitrogen and oxygen atoms in total. The highest BCUT2D eigenvalue weighted by Gasteiger charge is 2.33. The van der Waals surface area contributed by atoms with Gasteiger partial charge in [0, 0.05) is 24.3 Å². The summed E-state index contributed by atoms with van der Waals surface area (Å²) in [6.45, 7) is 1.07. The molecule has 16 heteroatoms. The van der Waals surface area contributed by atoms with Gasteiger partial charge in [0.15, 0.2) is 11.0 Å². The molecule has 1 saturated heterocycles. The van der Waals surface area contributed by atoms with Gasteiger partial charge in [0.1, 0.15) is 0 Å². The van der Waals surface area contributed by atoms with Crippen molar-refractivity contribution in [2.75, 3.05) is 37.4 Å². The van der Waals surface area contributed by atoms with E-state index in [2.05, 4.69) is 20.8 Å². The van der Waals surface area contributed by atoms with Crippen LogP contribution in [0.4, 0.5) is 18.9 Å². The number of ether oxygens (including phenoxy) is 1. The second kappa shape index (κ2) is 13.8. The summed E-state index contributed by atoms with van der Waals surface area (Å²) in [5, 5.41) is 13.6. The maximum absolute atomic E-state index is 13.3. The van der Waals surface area contributed by atoms with E-state index in [1.807, 2.05) is 0 Å². The van der Waals surface area contributed by atoms with E-state index in [9.17, 15) is 31.2 Å². The molecular weight excluding hydrogens is 633 g/mol. The fourth-order valence-electron chi connectivity index (χ4n) is 4.48. The molecule has 2 heterocycles. The number of morpholine rings is 1. The maximum Gasteiger partial charge on any atom is 0.418 e. The van der Waals surface area contributed by atoms with Crippen molar-refractivity contribution in [2.24, 2.45) is 0 Å².